The van der Waals surface area contributed by atoms with Gasteiger partial charge in [-0.25, -0.2) is 4.68 Å². The van der Waals surface area contributed by atoms with Crippen LogP contribution in [0.2, 0.25) is 5.15 Å². The lowest BCUT2D eigenvalue weighted by molar-refractivity contribution is 0.0987. The number of rotatable bonds is 5. The van der Waals surface area contributed by atoms with Gasteiger partial charge in [0.05, 0.1) is 17.8 Å². The number of carbonyl (C=O) groups is 1. The van der Waals surface area contributed by atoms with Gasteiger partial charge in [-0.2, -0.15) is 5.10 Å². The predicted molar refractivity (Wildman–Crippen MR) is 111 cm³/mol. The summed E-state index contributed by atoms with van der Waals surface area (Å²) >= 11 is 6.58. The van der Waals surface area contributed by atoms with E-state index in [-0.39, 0.29) is 5.91 Å². The minimum Gasteiger partial charge on any atom is -0.308 e. The largest absolute Gasteiger partial charge is 0.308 e. The average Bonchev–Trinajstić information content (AvgIpc) is 2.91. The van der Waals surface area contributed by atoms with Crippen molar-refractivity contribution >= 4 is 23.2 Å². The zero-order valence-corrected chi connectivity index (χ0v) is 16.9. The van der Waals surface area contributed by atoms with Gasteiger partial charge in [0.25, 0.3) is 5.91 Å². The minimum absolute atomic E-state index is 0.119. The fourth-order valence-corrected chi connectivity index (χ4v) is 3.64. The molecule has 3 rings (SSSR count). The summed E-state index contributed by atoms with van der Waals surface area (Å²) in [6.07, 6.45) is 0. The highest BCUT2D eigenvalue weighted by Gasteiger charge is 2.26. The van der Waals surface area contributed by atoms with E-state index in [1.807, 2.05) is 70.2 Å². The van der Waals surface area contributed by atoms with Gasteiger partial charge >= 0.3 is 0 Å². The highest BCUT2D eigenvalue weighted by atomic mass is 35.5. The molecule has 0 bridgehead atoms. The number of carbonyl (C=O) groups excluding carboxylic acids is 1. The number of hydrogen-bond donors (Lipinski definition) is 0. The van der Waals surface area contributed by atoms with E-state index in [0.717, 1.165) is 16.8 Å². The van der Waals surface area contributed by atoms with Gasteiger partial charge in [-0.15, -0.1) is 0 Å². The first kappa shape index (κ1) is 19.2. The maximum atomic E-state index is 13.3. The van der Waals surface area contributed by atoms with Crippen LogP contribution >= 0.6 is 11.6 Å². The number of aryl methyl sites for hydroxylation is 3. The van der Waals surface area contributed by atoms with Crippen LogP contribution in [0.4, 0.5) is 5.69 Å². The Morgan fingerprint density at radius 2 is 1.81 bits per heavy atom. The summed E-state index contributed by atoms with van der Waals surface area (Å²) < 4.78 is 1.69. The van der Waals surface area contributed by atoms with Crippen molar-refractivity contribution in [2.45, 2.75) is 34.2 Å². The topological polar surface area (TPSA) is 38.1 Å². The number of hydrogen-bond acceptors (Lipinski definition) is 2. The van der Waals surface area contributed by atoms with Crippen molar-refractivity contribution in [2.24, 2.45) is 0 Å². The summed E-state index contributed by atoms with van der Waals surface area (Å²) in [4.78, 5) is 15.1. The van der Waals surface area contributed by atoms with Crippen molar-refractivity contribution in [2.75, 3.05) is 11.4 Å². The lowest BCUT2D eigenvalue weighted by Gasteiger charge is -2.23. The molecule has 0 saturated heterocycles. The summed E-state index contributed by atoms with van der Waals surface area (Å²) in [5.74, 6) is -0.119. The SMILES string of the molecule is CCN(C(=O)c1c(C)nn(Cc2ccccc2)c1Cl)c1ccc(C)cc1C. The Kier molecular flexibility index (Phi) is 5.66. The van der Waals surface area contributed by atoms with Gasteiger partial charge in [0.2, 0.25) is 0 Å². The number of amides is 1. The smallest absolute Gasteiger partial charge is 0.263 e. The number of nitrogens with zero attached hydrogens (tertiary/aromatic N) is 3. The Labute approximate surface area is 165 Å². The fraction of sp³-hybridized carbons (Fsp3) is 0.273. The van der Waals surface area contributed by atoms with E-state index in [9.17, 15) is 4.79 Å². The van der Waals surface area contributed by atoms with Crippen LogP contribution in [-0.2, 0) is 6.54 Å². The number of aromatic nitrogens is 2. The fourth-order valence-electron chi connectivity index (χ4n) is 3.32. The third-order valence-electron chi connectivity index (χ3n) is 4.66. The van der Waals surface area contributed by atoms with Crippen LogP contribution in [0.5, 0.6) is 0 Å². The van der Waals surface area contributed by atoms with E-state index in [1.54, 1.807) is 9.58 Å². The molecule has 2 aromatic carbocycles. The van der Waals surface area contributed by atoms with Crippen LogP contribution in [0.3, 0.4) is 0 Å². The first-order chi connectivity index (χ1) is 12.9. The molecule has 5 heteroatoms. The van der Waals surface area contributed by atoms with E-state index in [2.05, 4.69) is 11.2 Å². The highest BCUT2D eigenvalue weighted by molar-refractivity contribution is 6.33. The molecule has 0 atom stereocenters. The van der Waals surface area contributed by atoms with Crippen LogP contribution in [-0.4, -0.2) is 22.2 Å². The van der Waals surface area contributed by atoms with Gasteiger partial charge in [0.15, 0.2) is 0 Å². The average molecular weight is 382 g/mol. The maximum Gasteiger partial charge on any atom is 0.263 e. The maximum absolute atomic E-state index is 13.3. The van der Waals surface area contributed by atoms with Crippen molar-refractivity contribution in [3.8, 4) is 0 Å². The Morgan fingerprint density at radius 3 is 2.44 bits per heavy atom. The Balaban J connectivity index is 1.96. The molecule has 0 N–H and O–H groups in total. The molecule has 0 fully saturated rings. The zero-order valence-electron chi connectivity index (χ0n) is 16.2. The van der Waals surface area contributed by atoms with Gasteiger partial charge in [0.1, 0.15) is 5.15 Å². The first-order valence-corrected chi connectivity index (χ1v) is 9.46. The van der Waals surface area contributed by atoms with E-state index in [0.29, 0.717) is 29.5 Å². The van der Waals surface area contributed by atoms with Crippen molar-refractivity contribution in [3.63, 3.8) is 0 Å². The molecule has 0 radical (unpaired) electrons. The lowest BCUT2D eigenvalue weighted by Crippen LogP contribution is -2.31. The van der Waals surface area contributed by atoms with Gasteiger partial charge in [-0.3, -0.25) is 4.79 Å². The molecule has 1 heterocycles. The molecule has 1 aromatic heterocycles. The van der Waals surface area contributed by atoms with Crippen LogP contribution in [0.1, 0.15) is 39.7 Å². The molecular weight excluding hydrogens is 358 g/mol. The second-order valence-electron chi connectivity index (χ2n) is 6.73. The third-order valence-corrected chi connectivity index (χ3v) is 5.04. The molecule has 0 unspecified atom stereocenters. The van der Waals surface area contributed by atoms with E-state index < -0.39 is 0 Å². The molecule has 3 aromatic rings. The molecular formula is C22H24ClN3O. The second-order valence-corrected chi connectivity index (χ2v) is 7.09. The van der Waals surface area contributed by atoms with Crippen LogP contribution in [0.15, 0.2) is 48.5 Å². The number of anilines is 1. The van der Waals surface area contributed by atoms with Gasteiger partial charge in [0, 0.05) is 12.2 Å². The van der Waals surface area contributed by atoms with Crippen LogP contribution in [0.25, 0.3) is 0 Å². The number of benzene rings is 2. The summed E-state index contributed by atoms with van der Waals surface area (Å²) in [6.45, 7) is 8.95. The predicted octanol–water partition coefficient (Wildman–Crippen LogP) is 5.18. The van der Waals surface area contributed by atoms with Gasteiger partial charge < -0.3 is 4.90 Å². The third kappa shape index (κ3) is 3.91. The van der Waals surface area contributed by atoms with Crippen molar-refractivity contribution in [3.05, 3.63) is 81.6 Å². The molecule has 0 aliphatic carbocycles. The second kappa shape index (κ2) is 7.97. The molecule has 0 aliphatic heterocycles. The number of halogens is 1. The van der Waals surface area contributed by atoms with Crippen molar-refractivity contribution in [1.82, 2.24) is 9.78 Å². The standard InChI is InChI=1S/C22H24ClN3O/c1-5-25(19-12-11-15(2)13-16(19)3)22(27)20-17(4)24-26(21(20)23)14-18-9-7-6-8-10-18/h6-13H,5,14H2,1-4H3. The molecule has 0 spiro atoms. The Hall–Kier alpha value is -2.59. The summed E-state index contributed by atoms with van der Waals surface area (Å²) in [5, 5.41) is 4.89. The molecule has 0 aliphatic rings. The summed E-state index contributed by atoms with van der Waals surface area (Å²) in [6, 6.07) is 16.0. The van der Waals surface area contributed by atoms with E-state index in [4.69, 9.17) is 11.6 Å². The minimum atomic E-state index is -0.119. The van der Waals surface area contributed by atoms with Gasteiger partial charge in [-0.05, 0) is 44.9 Å². The van der Waals surface area contributed by atoms with Crippen LogP contribution in [0, 0.1) is 20.8 Å². The van der Waals surface area contributed by atoms with Gasteiger partial charge in [-0.1, -0.05) is 59.6 Å². The van der Waals surface area contributed by atoms with Crippen molar-refractivity contribution < 1.29 is 4.79 Å². The Bertz CT molecular complexity index is 963. The van der Waals surface area contributed by atoms with E-state index in [1.165, 1.54) is 5.56 Å². The quantitative estimate of drug-likeness (QED) is 0.611. The first-order valence-electron chi connectivity index (χ1n) is 9.08. The molecule has 4 nitrogen and oxygen atoms in total. The summed E-state index contributed by atoms with van der Waals surface area (Å²) in [5.41, 5.74) is 5.33. The molecule has 27 heavy (non-hydrogen) atoms. The summed E-state index contributed by atoms with van der Waals surface area (Å²) in [7, 11) is 0. The molecule has 1 amide bonds. The highest BCUT2D eigenvalue weighted by Crippen LogP contribution is 2.27. The molecule has 0 saturated carbocycles. The van der Waals surface area contributed by atoms with Crippen LogP contribution < -0.4 is 4.90 Å². The lowest BCUT2D eigenvalue weighted by atomic mass is 10.1. The van der Waals surface area contributed by atoms with E-state index >= 15 is 0 Å². The normalized spacial score (nSPS) is 10.9. The monoisotopic (exact) mass is 381 g/mol. The zero-order chi connectivity index (χ0) is 19.6. The van der Waals surface area contributed by atoms with Crippen molar-refractivity contribution in [1.29, 1.82) is 0 Å². The Morgan fingerprint density at radius 1 is 1.11 bits per heavy atom. The molecule has 140 valence electrons.